The maximum Gasteiger partial charge on any atom is 0.284 e. The Hall–Kier alpha value is -0.601. The van der Waals surface area contributed by atoms with Gasteiger partial charge in [-0.1, -0.05) is 26.2 Å². The van der Waals surface area contributed by atoms with E-state index in [4.69, 9.17) is 16.5 Å². The lowest BCUT2D eigenvalue weighted by Crippen LogP contribution is -2.48. The molecule has 0 aliphatic heterocycles. The van der Waals surface area contributed by atoms with Gasteiger partial charge in [0.05, 0.1) is 0 Å². The van der Waals surface area contributed by atoms with E-state index in [9.17, 15) is 9.59 Å². The second-order valence-corrected chi connectivity index (χ2v) is 10.3. The zero-order chi connectivity index (χ0) is 11.9. The molecule has 2 amide bonds. The fraction of sp³-hybridized carbons (Fsp3) is 0.667. The van der Waals surface area contributed by atoms with Crippen molar-refractivity contribution in [3.05, 3.63) is 0 Å². The predicted octanol–water partition coefficient (Wildman–Crippen LogP) is -0.135. The summed E-state index contributed by atoms with van der Waals surface area (Å²) in [5.74, 6) is 0. The molecule has 0 fully saturated rings. The quantitative estimate of drug-likeness (QED) is 0.589. The van der Waals surface area contributed by atoms with E-state index in [0.717, 1.165) is 7.07 Å². The van der Waals surface area contributed by atoms with E-state index in [1.807, 2.05) is 13.1 Å². The Morgan fingerprint density at radius 3 is 1.57 bits per heavy atom. The summed E-state index contributed by atoms with van der Waals surface area (Å²) in [6.45, 7) is 7.09. The minimum atomic E-state index is -2.19. The zero-order valence-corrected chi connectivity index (χ0v) is 11.0. The van der Waals surface area contributed by atoms with Gasteiger partial charge in [-0.05, 0) is 0 Å². The van der Waals surface area contributed by atoms with E-state index in [1.165, 1.54) is 0 Å². The molecule has 0 aromatic rings. The summed E-state index contributed by atoms with van der Waals surface area (Å²) >= 11 is 0. The number of amides is 2. The van der Waals surface area contributed by atoms with Crippen LogP contribution >= 0.6 is 0 Å². The highest BCUT2D eigenvalue weighted by Crippen LogP contribution is 1.95. The fourth-order valence-corrected chi connectivity index (χ4v) is 0.191. The van der Waals surface area contributed by atoms with Gasteiger partial charge in [0.15, 0.2) is 27.8 Å². The van der Waals surface area contributed by atoms with Gasteiger partial charge in [0, 0.05) is 0 Å². The minimum Gasteiger partial charge on any atom is -0.457 e. The van der Waals surface area contributed by atoms with Gasteiger partial charge in [-0.2, -0.15) is 0 Å². The Balaban J connectivity index is 0. The molecule has 14 heavy (non-hydrogen) atoms. The standard InChI is InChI=1S/C3H9BNO2Si.C3H8NOSi/c1-8(2,4-7)3(5)6;1-6(2)3(4)5/h7H,1-2H3,(H2,5,6);1-2H3,(H2,4,5). The lowest BCUT2D eigenvalue weighted by atomic mass is 10.6. The molecule has 0 aliphatic carbocycles. The van der Waals surface area contributed by atoms with Gasteiger partial charge in [-0.3, -0.25) is 9.59 Å². The zero-order valence-electron chi connectivity index (χ0n) is 9.00. The highest BCUT2D eigenvalue weighted by atomic mass is 28.3. The van der Waals surface area contributed by atoms with Crippen molar-refractivity contribution in [3.8, 4) is 0 Å². The summed E-state index contributed by atoms with van der Waals surface area (Å²) in [5, 5.41) is 8.40. The van der Waals surface area contributed by atoms with Crippen LogP contribution < -0.4 is 11.5 Å². The van der Waals surface area contributed by atoms with Crippen LogP contribution in [0.5, 0.6) is 0 Å². The van der Waals surface area contributed by atoms with Crippen molar-refractivity contribution in [2.75, 3.05) is 0 Å². The molecule has 0 rings (SSSR count). The van der Waals surface area contributed by atoms with Crippen molar-refractivity contribution < 1.29 is 14.6 Å². The number of carbonyl (C=O) groups excluding carboxylic acids is 2. The second kappa shape index (κ2) is 6.79. The second-order valence-electron chi connectivity index (χ2n) is 3.58. The summed E-state index contributed by atoms with van der Waals surface area (Å²) in [5.41, 5.74) is 9.23. The van der Waals surface area contributed by atoms with Crippen LogP contribution in [0.15, 0.2) is 0 Å². The molecule has 80 valence electrons. The molecule has 5 N–H and O–H groups in total. The summed E-state index contributed by atoms with van der Waals surface area (Å²) in [6, 6.07) is 0. The number of rotatable bonds is 3. The normalized spacial score (nSPS) is 10.1. The SMILES string of the molecule is C[Si](C)([B]O)C(N)=O.C[Si](C)C(N)=O. The summed E-state index contributed by atoms with van der Waals surface area (Å²) in [6.07, 6.45) is 0. The molecule has 8 heteroatoms. The fourth-order valence-electron chi connectivity index (χ4n) is 0.0636. The van der Waals surface area contributed by atoms with Crippen LogP contribution in [-0.2, 0) is 0 Å². The first-order valence-electron chi connectivity index (χ1n) is 4.03. The van der Waals surface area contributed by atoms with Crippen LogP contribution in [0.1, 0.15) is 0 Å². The van der Waals surface area contributed by atoms with Gasteiger partial charge in [0.2, 0.25) is 0 Å². The van der Waals surface area contributed by atoms with Crippen molar-refractivity contribution in [1.82, 2.24) is 0 Å². The van der Waals surface area contributed by atoms with Crippen LogP contribution in [0.2, 0.25) is 26.2 Å². The summed E-state index contributed by atoms with van der Waals surface area (Å²) < 4.78 is 0. The van der Waals surface area contributed by atoms with Gasteiger partial charge in [0.25, 0.3) is 7.07 Å². The van der Waals surface area contributed by atoms with Gasteiger partial charge >= 0.3 is 0 Å². The van der Waals surface area contributed by atoms with E-state index >= 15 is 0 Å². The third kappa shape index (κ3) is 8.02. The maximum atomic E-state index is 10.3. The molecular formula is C6H17BN2O3Si2. The average Bonchev–Trinajstić information content (AvgIpc) is 2.05. The largest absolute Gasteiger partial charge is 0.457 e. The van der Waals surface area contributed by atoms with E-state index < -0.39 is 16.7 Å². The molecule has 0 heterocycles. The first-order chi connectivity index (χ1) is 6.15. The molecule has 0 saturated carbocycles. The first kappa shape index (κ1) is 15.9. The third-order valence-electron chi connectivity index (χ3n) is 1.45. The van der Waals surface area contributed by atoms with Crippen LogP contribution in [0, 0.1) is 0 Å². The molecule has 0 atom stereocenters. The number of hydrogen-bond donors (Lipinski definition) is 3. The summed E-state index contributed by atoms with van der Waals surface area (Å²) in [4.78, 5) is 20.3. The molecule has 0 spiro atoms. The Morgan fingerprint density at radius 1 is 1.29 bits per heavy atom. The average molecular weight is 232 g/mol. The van der Waals surface area contributed by atoms with E-state index in [2.05, 4.69) is 0 Å². The highest BCUT2D eigenvalue weighted by molar-refractivity contribution is 7.36. The number of primary amides is 2. The van der Waals surface area contributed by atoms with E-state index in [1.54, 1.807) is 13.1 Å². The van der Waals surface area contributed by atoms with E-state index in [-0.39, 0.29) is 11.1 Å². The molecular weight excluding hydrogens is 215 g/mol. The Bertz CT molecular complexity index is 211. The van der Waals surface area contributed by atoms with Crippen LogP contribution in [0.4, 0.5) is 9.59 Å². The van der Waals surface area contributed by atoms with Gasteiger partial charge in [-0.15, -0.1) is 0 Å². The van der Waals surface area contributed by atoms with Crippen molar-refractivity contribution >= 4 is 34.9 Å². The lowest BCUT2D eigenvalue weighted by molar-refractivity contribution is 0.264. The molecule has 0 aromatic heterocycles. The van der Waals surface area contributed by atoms with Gasteiger partial charge in [-0.25, -0.2) is 0 Å². The van der Waals surface area contributed by atoms with Crippen molar-refractivity contribution in [2.24, 2.45) is 11.5 Å². The van der Waals surface area contributed by atoms with Crippen LogP contribution in [0.25, 0.3) is 0 Å². The van der Waals surface area contributed by atoms with Crippen molar-refractivity contribution in [1.29, 1.82) is 0 Å². The Labute approximate surface area is 87.7 Å². The molecule has 5 nitrogen and oxygen atoms in total. The lowest BCUT2D eigenvalue weighted by Gasteiger charge is -2.10. The molecule has 2 radical (unpaired) electrons. The van der Waals surface area contributed by atoms with Gasteiger partial charge in [0.1, 0.15) is 0 Å². The molecule has 0 aromatic carbocycles. The first-order valence-corrected chi connectivity index (χ1v) is 9.61. The number of carbonyl (C=O) groups is 2. The van der Waals surface area contributed by atoms with Gasteiger partial charge < -0.3 is 16.5 Å². The number of hydrogen-bond acceptors (Lipinski definition) is 3. The van der Waals surface area contributed by atoms with Crippen LogP contribution in [0.3, 0.4) is 0 Å². The molecule has 0 bridgehead atoms. The molecule has 0 unspecified atom stereocenters. The third-order valence-corrected chi connectivity index (χ3v) is 4.35. The minimum absolute atomic E-state index is 0.139. The van der Waals surface area contributed by atoms with Crippen LogP contribution in [-0.4, -0.2) is 39.9 Å². The summed E-state index contributed by atoms with van der Waals surface area (Å²) in [7, 11) is -2.07. The van der Waals surface area contributed by atoms with Crippen molar-refractivity contribution in [3.63, 3.8) is 0 Å². The smallest absolute Gasteiger partial charge is 0.284 e. The topological polar surface area (TPSA) is 106 Å². The Morgan fingerprint density at radius 2 is 1.57 bits per heavy atom. The molecule has 0 aliphatic rings. The monoisotopic (exact) mass is 232 g/mol. The number of nitrogens with two attached hydrogens (primary N) is 2. The van der Waals surface area contributed by atoms with E-state index in [0.29, 0.717) is 0 Å². The Kier molecular flexibility index (Phi) is 7.69. The molecule has 0 saturated heterocycles. The predicted molar refractivity (Wildman–Crippen MR) is 62.1 cm³/mol. The highest BCUT2D eigenvalue weighted by Gasteiger charge is 2.28. The van der Waals surface area contributed by atoms with Crippen molar-refractivity contribution in [2.45, 2.75) is 26.2 Å². The maximum absolute atomic E-state index is 10.3.